The summed E-state index contributed by atoms with van der Waals surface area (Å²) in [5.41, 5.74) is -1.62. The number of nitrogens with one attached hydrogen (secondary N) is 2. The molecule has 174 valence electrons. The predicted octanol–water partition coefficient (Wildman–Crippen LogP) is 2.38. The number of hydrogen-bond acceptors (Lipinski definition) is 8. The van der Waals surface area contributed by atoms with Crippen LogP contribution in [0.3, 0.4) is 0 Å². The Morgan fingerprint density at radius 1 is 1.29 bits per heavy atom. The lowest BCUT2D eigenvalue weighted by Crippen LogP contribution is -2.43. The first-order chi connectivity index (χ1) is 14.2. The molecule has 0 spiro atoms. The average Bonchev–Trinajstić information content (AvgIpc) is 2.58. The number of nitrogens with zero attached hydrogens (tertiary/aromatic N) is 1. The summed E-state index contributed by atoms with van der Waals surface area (Å²) in [4.78, 5) is 32.1. The Morgan fingerprint density at radius 3 is 2.42 bits per heavy atom. The highest BCUT2D eigenvalue weighted by Gasteiger charge is 2.29. The zero-order valence-corrected chi connectivity index (χ0v) is 18.6. The number of phenols is 1. The van der Waals surface area contributed by atoms with Gasteiger partial charge in [0.05, 0.1) is 9.95 Å². The smallest absolute Gasteiger partial charge is 0.408 e. The third-order valence-corrected chi connectivity index (χ3v) is 5.69. The van der Waals surface area contributed by atoms with Crippen molar-refractivity contribution in [3.8, 4) is 5.75 Å². The summed E-state index contributed by atoms with van der Waals surface area (Å²) in [6.45, 7) is 4.71. The lowest BCUT2D eigenvalue weighted by atomic mass is 10.1. The maximum atomic E-state index is 12.4. The Hall–Kier alpha value is -2.64. The standard InChI is InChI=1S/C17H24ClN3O9S/c1-17(2,3)30-16(25)20-11(15(23)24)6-4-5-9-19-31(28,29)14-10(18)7-8-12(13(14)22)21(26)27/h7-8,11,19,22H,4-6,9H2,1-3H3,(H,20,25)(H,23,24). The molecule has 0 bridgehead atoms. The number of nitro benzene ring substituents is 1. The molecule has 1 amide bonds. The van der Waals surface area contributed by atoms with Crippen LogP contribution in [0.4, 0.5) is 10.5 Å². The second kappa shape index (κ2) is 10.6. The minimum absolute atomic E-state index is 0.000874. The molecule has 0 aliphatic rings. The number of unbranched alkanes of at least 4 members (excludes halogenated alkanes) is 1. The molecule has 0 fully saturated rings. The summed E-state index contributed by atoms with van der Waals surface area (Å²) < 4.78 is 31.9. The third-order valence-electron chi connectivity index (χ3n) is 3.73. The Morgan fingerprint density at radius 2 is 1.90 bits per heavy atom. The number of carboxylic acids is 1. The highest BCUT2D eigenvalue weighted by atomic mass is 35.5. The van der Waals surface area contributed by atoms with Crippen LogP contribution in [0.2, 0.25) is 5.02 Å². The minimum Gasteiger partial charge on any atom is -0.501 e. The van der Waals surface area contributed by atoms with Gasteiger partial charge >= 0.3 is 17.7 Å². The number of aliphatic carboxylic acids is 1. The number of nitro groups is 1. The molecule has 4 N–H and O–H groups in total. The highest BCUT2D eigenvalue weighted by molar-refractivity contribution is 7.89. The van der Waals surface area contributed by atoms with Gasteiger partial charge in [0.15, 0.2) is 0 Å². The van der Waals surface area contributed by atoms with Crippen LogP contribution in [-0.2, 0) is 19.6 Å². The predicted molar refractivity (Wildman–Crippen MR) is 110 cm³/mol. The molecule has 12 nitrogen and oxygen atoms in total. The van der Waals surface area contributed by atoms with Crippen molar-refractivity contribution < 1.29 is 37.9 Å². The summed E-state index contributed by atoms with van der Waals surface area (Å²) in [6, 6.07) is 0.621. The summed E-state index contributed by atoms with van der Waals surface area (Å²) >= 11 is 5.78. The number of rotatable bonds is 10. The number of hydrogen-bond donors (Lipinski definition) is 4. The van der Waals surface area contributed by atoms with E-state index in [1.54, 1.807) is 20.8 Å². The number of ether oxygens (including phenoxy) is 1. The molecule has 0 aliphatic heterocycles. The lowest BCUT2D eigenvalue weighted by Gasteiger charge is -2.22. The van der Waals surface area contributed by atoms with E-state index >= 15 is 0 Å². The van der Waals surface area contributed by atoms with Gasteiger partial charge in [0, 0.05) is 12.6 Å². The van der Waals surface area contributed by atoms with Gasteiger partial charge in [-0.25, -0.2) is 22.7 Å². The first-order valence-corrected chi connectivity index (χ1v) is 10.9. The largest absolute Gasteiger partial charge is 0.501 e. The first-order valence-electron chi connectivity index (χ1n) is 9.03. The zero-order valence-electron chi connectivity index (χ0n) is 17.0. The maximum Gasteiger partial charge on any atom is 0.408 e. The summed E-state index contributed by atoms with van der Waals surface area (Å²) in [6.07, 6.45) is -0.508. The molecule has 0 saturated heterocycles. The number of phenolic OH excluding ortho intramolecular Hbond substituents is 1. The molecule has 0 aromatic heterocycles. The van der Waals surface area contributed by atoms with E-state index in [-0.39, 0.29) is 25.8 Å². The average molecular weight is 482 g/mol. The van der Waals surface area contributed by atoms with Crippen molar-refractivity contribution in [3.63, 3.8) is 0 Å². The van der Waals surface area contributed by atoms with E-state index in [0.29, 0.717) is 0 Å². The summed E-state index contributed by atoms with van der Waals surface area (Å²) in [7, 11) is -4.38. The second-order valence-corrected chi connectivity index (χ2v) is 9.54. The van der Waals surface area contributed by atoms with Crippen LogP contribution in [0.1, 0.15) is 40.0 Å². The van der Waals surface area contributed by atoms with Gasteiger partial charge in [-0.2, -0.15) is 0 Å². The quantitative estimate of drug-likeness (QED) is 0.221. The van der Waals surface area contributed by atoms with Crippen molar-refractivity contribution in [2.24, 2.45) is 0 Å². The molecule has 1 unspecified atom stereocenters. The van der Waals surface area contributed by atoms with Gasteiger partial charge in [-0.1, -0.05) is 11.6 Å². The maximum absolute atomic E-state index is 12.4. The van der Waals surface area contributed by atoms with Crippen molar-refractivity contribution >= 4 is 39.4 Å². The lowest BCUT2D eigenvalue weighted by molar-refractivity contribution is -0.386. The number of carboxylic acid groups (broad SMARTS) is 1. The topological polar surface area (TPSA) is 185 Å². The first kappa shape index (κ1) is 26.4. The van der Waals surface area contributed by atoms with E-state index in [4.69, 9.17) is 16.3 Å². The van der Waals surface area contributed by atoms with Crippen LogP contribution in [0.25, 0.3) is 0 Å². The molecule has 0 aliphatic carbocycles. The Balaban J connectivity index is 2.67. The van der Waals surface area contributed by atoms with Crippen LogP contribution < -0.4 is 10.0 Å². The Bertz CT molecular complexity index is 945. The number of sulfonamides is 1. The number of carbonyl (C=O) groups excluding carboxylic acids is 1. The van der Waals surface area contributed by atoms with Gasteiger partial charge in [0.1, 0.15) is 16.5 Å². The van der Waals surface area contributed by atoms with E-state index in [0.717, 1.165) is 12.1 Å². The SMILES string of the molecule is CC(C)(C)OC(=O)NC(CCCCNS(=O)(=O)c1c(Cl)ccc([N+](=O)[O-])c1O)C(=O)O. The molecule has 1 aromatic carbocycles. The molecule has 0 heterocycles. The van der Waals surface area contributed by atoms with Crippen LogP contribution >= 0.6 is 11.6 Å². The minimum atomic E-state index is -4.38. The van der Waals surface area contributed by atoms with Crippen LogP contribution in [0.5, 0.6) is 5.75 Å². The number of aromatic hydroxyl groups is 1. The molecule has 1 aromatic rings. The number of carbonyl (C=O) groups is 2. The number of halogens is 1. The van der Waals surface area contributed by atoms with Gasteiger partial charge in [-0.05, 0) is 46.1 Å². The van der Waals surface area contributed by atoms with Crippen LogP contribution in [0.15, 0.2) is 17.0 Å². The molecule has 0 saturated carbocycles. The summed E-state index contributed by atoms with van der Waals surface area (Å²) in [5, 5.41) is 31.8. The third kappa shape index (κ3) is 8.19. The number of alkyl carbamates (subject to hydrolysis) is 1. The number of benzene rings is 1. The van der Waals surface area contributed by atoms with E-state index in [9.17, 15) is 38.3 Å². The van der Waals surface area contributed by atoms with Crippen molar-refractivity contribution in [1.82, 2.24) is 10.0 Å². The van der Waals surface area contributed by atoms with Gasteiger partial charge in [-0.3, -0.25) is 10.1 Å². The van der Waals surface area contributed by atoms with Crippen molar-refractivity contribution in [1.29, 1.82) is 0 Å². The van der Waals surface area contributed by atoms with E-state index < -0.39 is 60.0 Å². The van der Waals surface area contributed by atoms with Crippen molar-refractivity contribution in [2.75, 3.05) is 6.54 Å². The molecule has 14 heteroatoms. The molecule has 0 radical (unpaired) electrons. The summed E-state index contributed by atoms with van der Waals surface area (Å²) in [5.74, 6) is -2.36. The second-order valence-electron chi connectivity index (χ2n) is 7.43. The fraction of sp³-hybridized carbons (Fsp3) is 0.529. The van der Waals surface area contributed by atoms with E-state index in [1.165, 1.54) is 0 Å². The van der Waals surface area contributed by atoms with Crippen molar-refractivity contribution in [3.05, 3.63) is 27.3 Å². The normalized spacial score (nSPS) is 12.8. The molecular weight excluding hydrogens is 458 g/mol. The van der Waals surface area contributed by atoms with Gasteiger partial charge < -0.3 is 20.3 Å². The van der Waals surface area contributed by atoms with Gasteiger partial charge in [-0.15, -0.1) is 0 Å². The fourth-order valence-electron chi connectivity index (χ4n) is 2.40. The van der Waals surface area contributed by atoms with Gasteiger partial charge in [0.2, 0.25) is 15.8 Å². The molecule has 1 atom stereocenters. The van der Waals surface area contributed by atoms with E-state index in [2.05, 4.69) is 10.0 Å². The number of amides is 1. The zero-order chi connectivity index (χ0) is 24.0. The monoisotopic (exact) mass is 481 g/mol. The van der Waals surface area contributed by atoms with E-state index in [1.807, 2.05) is 0 Å². The molecular formula is C17H24ClN3O9S. The van der Waals surface area contributed by atoms with Crippen molar-refractivity contribution in [2.45, 2.75) is 56.6 Å². The molecule has 31 heavy (non-hydrogen) atoms. The fourth-order valence-corrected chi connectivity index (χ4v) is 4.10. The van der Waals surface area contributed by atoms with Crippen LogP contribution in [-0.4, -0.2) is 53.8 Å². The van der Waals surface area contributed by atoms with Gasteiger partial charge in [0.25, 0.3) is 0 Å². The Labute approximate surface area is 183 Å². The Kier molecular flexibility index (Phi) is 9.02. The van der Waals surface area contributed by atoms with Crippen LogP contribution in [0, 0.1) is 10.1 Å². The highest BCUT2D eigenvalue weighted by Crippen LogP contribution is 2.37. The molecule has 1 rings (SSSR count).